The monoisotopic (exact) mass is 335 g/mol. The Kier molecular flexibility index (Phi) is 4.89. The Labute approximate surface area is 139 Å². The molecule has 1 N–H and O–H groups in total. The third-order valence-electron chi connectivity index (χ3n) is 4.47. The number of rotatable bonds is 6. The number of likely N-dealkylation sites (tertiary alicyclic amines) is 1. The summed E-state index contributed by atoms with van der Waals surface area (Å²) in [7, 11) is 1.92. The number of hydrogen-bond donors (Lipinski definition) is 1. The van der Waals surface area contributed by atoms with Gasteiger partial charge in [0.15, 0.2) is 0 Å². The van der Waals surface area contributed by atoms with Crippen LogP contribution in [0, 0.1) is 0 Å². The van der Waals surface area contributed by atoms with Crippen molar-refractivity contribution >= 4 is 5.91 Å². The Morgan fingerprint density at radius 2 is 2.38 bits per heavy atom. The van der Waals surface area contributed by atoms with Crippen LogP contribution < -0.4 is 5.32 Å². The van der Waals surface area contributed by atoms with Gasteiger partial charge in [-0.15, -0.1) is 0 Å². The number of carbonyl (C=O) groups excluding carboxylic acids is 1. The maximum absolute atomic E-state index is 13.9. The largest absolute Gasteiger partial charge is 0.353 e. The predicted octanol–water partition coefficient (Wildman–Crippen LogP) is 0.301. The first kappa shape index (κ1) is 16.6. The smallest absolute Gasteiger partial charge is 0.244 e. The summed E-state index contributed by atoms with van der Waals surface area (Å²) in [4.78, 5) is 22.4. The number of imidazole rings is 1. The summed E-state index contributed by atoms with van der Waals surface area (Å²) in [6.07, 6.45) is 6.04. The topological polar surface area (TPSA) is 80.9 Å². The number of aryl methyl sites for hydroxylation is 1. The van der Waals surface area contributed by atoms with Crippen LogP contribution in [0.4, 0.5) is 4.39 Å². The van der Waals surface area contributed by atoms with Gasteiger partial charge >= 0.3 is 0 Å². The van der Waals surface area contributed by atoms with Crippen LogP contribution in [-0.4, -0.2) is 60.4 Å². The van der Waals surface area contributed by atoms with Crippen molar-refractivity contribution in [3.63, 3.8) is 0 Å². The number of aromatic nitrogens is 5. The van der Waals surface area contributed by atoms with E-state index in [2.05, 4.69) is 20.4 Å². The lowest BCUT2D eigenvalue weighted by Gasteiger charge is -2.24. The molecule has 1 fully saturated rings. The molecular weight excluding hydrogens is 313 g/mol. The molecule has 3 rings (SSSR count). The van der Waals surface area contributed by atoms with Gasteiger partial charge in [-0.05, 0) is 13.3 Å². The summed E-state index contributed by atoms with van der Waals surface area (Å²) in [5.74, 6) is 0.733. The molecule has 130 valence electrons. The zero-order valence-corrected chi connectivity index (χ0v) is 13.8. The number of carbonyl (C=O) groups is 1. The average Bonchev–Trinajstić information content (AvgIpc) is 3.28. The fraction of sp³-hybridized carbons (Fsp3) is 0.600. The number of halogens is 1. The number of nitrogens with one attached hydrogen (secondary N) is 1. The van der Waals surface area contributed by atoms with E-state index in [0.29, 0.717) is 26.1 Å². The highest BCUT2D eigenvalue weighted by atomic mass is 19.1. The maximum atomic E-state index is 13.9. The quantitative estimate of drug-likeness (QED) is 0.821. The molecule has 3 heterocycles. The van der Waals surface area contributed by atoms with Crippen LogP contribution in [0.1, 0.15) is 25.2 Å². The molecule has 0 spiro atoms. The van der Waals surface area contributed by atoms with Crippen molar-refractivity contribution in [2.75, 3.05) is 13.1 Å². The second-order valence-corrected chi connectivity index (χ2v) is 6.17. The molecule has 1 unspecified atom stereocenters. The van der Waals surface area contributed by atoms with Crippen molar-refractivity contribution in [1.29, 1.82) is 0 Å². The summed E-state index contributed by atoms with van der Waals surface area (Å²) >= 11 is 0. The zero-order chi connectivity index (χ0) is 17.1. The van der Waals surface area contributed by atoms with E-state index < -0.39 is 12.2 Å². The third-order valence-corrected chi connectivity index (χ3v) is 4.47. The Morgan fingerprint density at radius 3 is 3.04 bits per heavy atom. The van der Waals surface area contributed by atoms with Gasteiger partial charge in [-0.2, -0.15) is 5.10 Å². The van der Waals surface area contributed by atoms with E-state index in [1.54, 1.807) is 13.1 Å². The highest BCUT2D eigenvalue weighted by Gasteiger charge is 2.33. The summed E-state index contributed by atoms with van der Waals surface area (Å²) < 4.78 is 17.3. The highest BCUT2D eigenvalue weighted by Crippen LogP contribution is 2.22. The summed E-state index contributed by atoms with van der Waals surface area (Å²) in [5, 5.41) is 6.86. The second-order valence-electron chi connectivity index (χ2n) is 6.17. The van der Waals surface area contributed by atoms with Gasteiger partial charge < -0.3 is 9.88 Å². The number of alkyl halides is 1. The van der Waals surface area contributed by atoms with Gasteiger partial charge in [0.2, 0.25) is 5.91 Å². The fourth-order valence-corrected chi connectivity index (χ4v) is 2.96. The molecule has 1 aliphatic rings. The van der Waals surface area contributed by atoms with Crippen molar-refractivity contribution in [2.45, 2.75) is 38.1 Å². The van der Waals surface area contributed by atoms with Gasteiger partial charge in [-0.25, -0.2) is 19.0 Å². The summed E-state index contributed by atoms with van der Waals surface area (Å²) in [6, 6.07) is -0.485. The second kappa shape index (κ2) is 7.08. The van der Waals surface area contributed by atoms with Crippen molar-refractivity contribution in [2.24, 2.45) is 7.05 Å². The Morgan fingerprint density at radius 1 is 1.54 bits per heavy atom. The molecule has 0 aliphatic carbocycles. The molecule has 1 aliphatic heterocycles. The third kappa shape index (κ3) is 3.61. The maximum Gasteiger partial charge on any atom is 0.244 e. The molecular formula is C15H22FN7O. The van der Waals surface area contributed by atoms with Gasteiger partial charge in [0.05, 0.1) is 6.54 Å². The SMILES string of the molecule is CC(C(=O)NC[C@@H]1C[C@H](F)CN1Cc1nccn1C)n1cncn1. The molecule has 1 saturated heterocycles. The van der Waals surface area contributed by atoms with E-state index in [4.69, 9.17) is 0 Å². The van der Waals surface area contributed by atoms with Crippen molar-refractivity contribution in [3.05, 3.63) is 30.9 Å². The molecule has 24 heavy (non-hydrogen) atoms. The van der Waals surface area contributed by atoms with Crippen molar-refractivity contribution < 1.29 is 9.18 Å². The minimum Gasteiger partial charge on any atom is -0.353 e. The van der Waals surface area contributed by atoms with Crippen LogP contribution in [0.3, 0.4) is 0 Å². The lowest BCUT2D eigenvalue weighted by atomic mass is 10.2. The molecule has 0 bridgehead atoms. The minimum atomic E-state index is -0.875. The molecule has 2 aromatic heterocycles. The molecule has 0 radical (unpaired) electrons. The van der Waals surface area contributed by atoms with Crippen LogP contribution in [0.15, 0.2) is 25.0 Å². The molecule has 2 aromatic rings. The normalized spacial score (nSPS) is 22.6. The molecule has 1 amide bonds. The first-order valence-electron chi connectivity index (χ1n) is 8.00. The minimum absolute atomic E-state index is 0.0383. The number of hydrogen-bond acceptors (Lipinski definition) is 5. The number of nitrogens with zero attached hydrogens (tertiary/aromatic N) is 6. The molecule has 9 heteroatoms. The predicted molar refractivity (Wildman–Crippen MR) is 84.7 cm³/mol. The molecule has 8 nitrogen and oxygen atoms in total. The Hall–Kier alpha value is -2.29. The standard InChI is InChI=1S/C15H22FN7O/c1-11(23-10-17-9-20-23)15(24)19-6-13-5-12(16)7-22(13)8-14-18-3-4-21(14)2/h3-4,9-13H,5-8H2,1-2H3,(H,19,24)/t11?,12-,13-/m0/s1. The van der Waals surface area contributed by atoms with Crippen LogP contribution in [0.5, 0.6) is 0 Å². The van der Waals surface area contributed by atoms with E-state index in [1.165, 1.54) is 17.3 Å². The van der Waals surface area contributed by atoms with Crippen LogP contribution in [0.25, 0.3) is 0 Å². The summed E-state index contributed by atoms with van der Waals surface area (Å²) in [5.41, 5.74) is 0. The molecule has 0 aromatic carbocycles. The van der Waals surface area contributed by atoms with Crippen molar-refractivity contribution in [3.8, 4) is 0 Å². The van der Waals surface area contributed by atoms with Gasteiger partial charge in [-0.1, -0.05) is 0 Å². The van der Waals surface area contributed by atoms with Crippen LogP contribution in [-0.2, 0) is 18.4 Å². The molecule has 3 atom stereocenters. The fourth-order valence-electron chi connectivity index (χ4n) is 2.96. The highest BCUT2D eigenvalue weighted by molar-refractivity contribution is 5.79. The lowest BCUT2D eigenvalue weighted by Crippen LogP contribution is -2.42. The average molecular weight is 335 g/mol. The first-order valence-corrected chi connectivity index (χ1v) is 8.00. The van der Waals surface area contributed by atoms with E-state index >= 15 is 0 Å². The van der Waals surface area contributed by atoms with E-state index in [-0.39, 0.29) is 11.9 Å². The van der Waals surface area contributed by atoms with Crippen LogP contribution >= 0.6 is 0 Å². The summed E-state index contributed by atoms with van der Waals surface area (Å²) in [6.45, 7) is 3.10. The van der Waals surface area contributed by atoms with Gasteiger partial charge in [0.1, 0.15) is 30.7 Å². The Balaban J connectivity index is 1.56. The van der Waals surface area contributed by atoms with Crippen LogP contribution in [0.2, 0.25) is 0 Å². The van der Waals surface area contributed by atoms with Crippen molar-refractivity contribution in [1.82, 2.24) is 34.5 Å². The van der Waals surface area contributed by atoms with E-state index in [9.17, 15) is 9.18 Å². The number of amides is 1. The molecule has 0 saturated carbocycles. The van der Waals surface area contributed by atoms with Gasteiger partial charge in [-0.3, -0.25) is 9.69 Å². The van der Waals surface area contributed by atoms with E-state index in [1.807, 2.05) is 22.7 Å². The zero-order valence-electron chi connectivity index (χ0n) is 13.8. The lowest BCUT2D eigenvalue weighted by molar-refractivity contribution is -0.124. The van der Waals surface area contributed by atoms with Gasteiger partial charge in [0.25, 0.3) is 0 Å². The van der Waals surface area contributed by atoms with E-state index in [0.717, 1.165) is 5.82 Å². The van der Waals surface area contributed by atoms with Gasteiger partial charge in [0, 0.05) is 38.6 Å². The Bertz CT molecular complexity index is 671. The first-order chi connectivity index (χ1) is 11.5.